The summed E-state index contributed by atoms with van der Waals surface area (Å²) in [7, 11) is -3.59. The number of carbonyl (C=O) groups excluding carboxylic acids is 1. The number of primary amides is 1. The SMILES string of the molecule is NC(=O)c1ccc(-c2cnc3nc2NCCCNS(=O)(=O)c2cccc(c2)N3)cc1. The summed E-state index contributed by atoms with van der Waals surface area (Å²) < 4.78 is 27.5. The first kappa shape index (κ1) is 19.8. The second kappa shape index (κ2) is 8.09. The fraction of sp³-hybridized carbons (Fsp3) is 0.150. The number of nitrogens with one attached hydrogen (secondary N) is 3. The molecule has 0 unspecified atom stereocenters. The molecule has 5 N–H and O–H groups in total. The molecule has 0 saturated carbocycles. The average Bonchev–Trinajstić information content (AvgIpc) is 2.74. The quantitative estimate of drug-likeness (QED) is 0.494. The predicted octanol–water partition coefficient (Wildman–Crippen LogP) is 2.08. The summed E-state index contributed by atoms with van der Waals surface area (Å²) in [6.45, 7) is 0.788. The van der Waals surface area contributed by atoms with Crippen molar-refractivity contribution in [1.29, 1.82) is 0 Å². The zero-order valence-corrected chi connectivity index (χ0v) is 16.7. The number of nitrogens with zero attached hydrogens (tertiary/aromatic N) is 2. The molecule has 0 fully saturated rings. The molecule has 0 radical (unpaired) electrons. The van der Waals surface area contributed by atoms with E-state index in [0.717, 1.165) is 11.1 Å². The molecule has 30 heavy (non-hydrogen) atoms. The molecule has 154 valence electrons. The van der Waals surface area contributed by atoms with Crippen LogP contribution in [0.4, 0.5) is 17.5 Å². The lowest BCUT2D eigenvalue weighted by atomic mass is 10.1. The van der Waals surface area contributed by atoms with Crippen LogP contribution in [0, 0.1) is 0 Å². The molecule has 0 aliphatic carbocycles. The number of amides is 1. The minimum Gasteiger partial charge on any atom is -0.369 e. The van der Waals surface area contributed by atoms with Crippen molar-refractivity contribution < 1.29 is 13.2 Å². The van der Waals surface area contributed by atoms with Crippen molar-refractivity contribution in [3.05, 3.63) is 60.3 Å². The molecule has 4 rings (SSSR count). The maximum Gasteiger partial charge on any atom is 0.248 e. The average molecular weight is 424 g/mol. The van der Waals surface area contributed by atoms with Crippen molar-refractivity contribution >= 4 is 33.4 Å². The largest absolute Gasteiger partial charge is 0.369 e. The number of fused-ring (bicyclic) bond motifs is 4. The molecule has 2 aromatic carbocycles. The standard InChI is InChI=1S/C20H20N6O3S/c21-18(27)14-7-5-13(6-8-14)17-12-23-20-25-15-3-1-4-16(11-15)30(28,29)24-10-2-9-22-19(17)26-20/h1,3-8,11-12,24H,2,9-10H2,(H2,21,27)(H2,22,23,25,26). The van der Waals surface area contributed by atoms with Crippen LogP contribution in [0.1, 0.15) is 16.8 Å². The predicted molar refractivity (Wildman–Crippen MR) is 114 cm³/mol. The molecule has 1 aliphatic rings. The van der Waals surface area contributed by atoms with Crippen LogP contribution in [0.2, 0.25) is 0 Å². The van der Waals surface area contributed by atoms with E-state index in [4.69, 9.17) is 5.73 Å². The van der Waals surface area contributed by atoms with Gasteiger partial charge in [0.15, 0.2) is 0 Å². The van der Waals surface area contributed by atoms with Gasteiger partial charge in [-0.1, -0.05) is 18.2 Å². The van der Waals surface area contributed by atoms with Crippen LogP contribution in [-0.4, -0.2) is 37.4 Å². The van der Waals surface area contributed by atoms with E-state index in [0.29, 0.717) is 36.0 Å². The van der Waals surface area contributed by atoms with Crippen LogP contribution in [0.25, 0.3) is 11.1 Å². The van der Waals surface area contributed by atoms with Crippen LogP contribution in [0.3, 0.4) is 0 Å². The summed E-state index contributed by atoms with van der Waals surface area (Å²) in [4.78, 5) is 20.4. The van der Waals surface area contributed by atoms with Crippen molar-refractivity contribution in [3.63, 3.8) is 0 Å². The van der Waals surface area contributed by atoms with Crippen LogP contribution >= 0.6 is 0 Å². The normalized spacial score (nSPS) is 15.5. The highest BCUT2D eigenvalue weighted by Gasteiger charge is 2.16. The van der Waals surface area contributed by atoms with Crippen LogP contribution in [0.15, 0.2) is 59.6 Å². The smallest absolute Gasteiger partial charge is 0.248 e. The number of hydrogen-bond acceptors (Lipinski definition) is 7. The number of sulfonamides is 1. The van der Waals surface area contributed by atoms with Crippen LogP contribution in [0.5, 0.6) is 0 Å². The topological polar surface area (TPSA) is 139 Å². The summed E-state index contributed by atoms with van der Waals surface area (Å²) in [6.07, 6.45) is 2.24. The first-order chi connectivity index (χ1) is 14.4. The monoisotopic (exact) mass is 424 g/mol. The van der Waals surface area contributed by atoms with E-state index in [2.05, 4.69) is 25.3 Å². The summed E-state index contributed by atoms with van der Waals surface area (Å²) in [5, 5.41) is 6.29. The molecular formula is C20H20N6O3S. The van der Waals surface area contributed by atoms with E-state index in [1.54, 1.807) is 42.6 Å². The third-order valence-corrected chi connectivity index (χ3v) is 6.07. The summed E-state index contributed by atoms with van der Waals surface area (Å²) in [5.74, 6) is 0.431. The summed E-state index contributed by atoms with van der Waals surface area (Å²) in [6, 6.07) is 13.3. The molecule has 3 aromatic rings. The number of rotatable bonds is 2. The van der Waals surface area contributed by atoms with Gasteiger partial charge in [0, 0.05) is 36.1 Å². The zero-order chi connectivity index (χ0) is 21.1. The van der Waals surface area contributed by atoms with E-state index < -0.39 is 15.9 Å². The van der Waals surface area contributed by atoms with Gasteiger partial charge in [0.25, 0.3) is 0 Å². The highest BCUT2D eigenvalue weighted by atomic mass is 32.2. The van der Waals surface area contributed by atoms with Crippen molar-refractivity contribution in [1.82, 2.24) is 14.7 Å². The van der Waals surface area contributed by atoms with Crippen molar-refractivity contribution in [2.45, 2.75) is 11.3 Å². The Balaban J connectivity index is 1.72. The van der Waals surface area contributed by atoms with Crippen LogP contribution < -0.4 is 21.1 Å². The molecule has 1 aliphatic heterocycles. The second-order valence-corrected chi connectivity index (χ2v) is 8.50. The van der Waals surface area contributed by atoms with E-state index >= 15 is 0 Å². The molecule has 1 aromatic heterocycles. The molecule has 9 nitrogen and oxygen atoms in total. The molecule has 0 atom stereocenters. The van der Waals surface area contributed by atoms with E-state index in [1.807, 2.05) is 0 Å². The Morgan fingerprint density at radius 1 is 1.07 bits per heavy atom. The number of benzene rings is 2. The Kier molecular flexibility index (Phi) is 5.34. The van der Waals surface area contributed by atoms with E-state index in [-0.39, 0.29) is 11.4 Å². The van der Waals surface area contributed by atoms with E-state index in [1.165, 1.54) is 12.1 Å². The fourth-order valence-corrected chi connectivity index (χ4v) is 4.18. The van der Waals surface area contributed by atoms with Gasteiger partial charge in [0.05, 0.1) is 4.90 Å². The van der Waals surface area contributed by atoms with Gasteiger partial charge in [-0.25, -0.2) is 18.1 Å². The number of aromatic nitrogens is 2. The van der Waals surface area contributed by atoms with Crippen LogP contribution in [-0.2, 0) is 10.0 Å². The Hall–Kier alpha value is -3.50. The third-order valence-electron chi connectivity index (χ3n) is 4.61. The number of hydrogen-bond donors (Lipinski definition) is 4. The number of anilines is 3. The molecule has 0 spiro atoms. The van der Waals surface area contributed by atoms with E-state index in [9.17, 15) is 13.2 Å². The number of nitrogens with two attached hydrogens (primary N) is 1. The summed E-state index contributed by atoms with van der Waals surface area (Å²) in [5.41, 5.74) is 7.85. The first-order valence-electron chi connectivity index (χ1n) is 9.30. The summed E-state index contributed by atoms with van der Waals surface area (Å²) >= 11 is 0. The molecule has 10 heteroatoms. The second-order valence-electron chi connectivity index (χ2n) is 6.73. The van der Waals surface area contributed by atoms with Gasteiger partial charge in [-0.3, -0.25) is 4.79 Å². The van der Waals surface area contributed by atoms with Gasteiger partial charge < -0.3 is 16.4 Å². The van der Waals surface area contributed by atoms with Crippen molar-refractivity contribution in [2.75, 3.05) is 23.7 Å². The molecular weight excluding hydrogens is 404 g/mol. The molecule has 1 amide bonds. The fourth-order valence-electron chi connectivity index (χ4n) is 3.06. The Bertz CT molecular complexity index is 1200. The minimum absolute atomic E-state index is 0.172. The highest BCUT2D eigenvalue weighted by Crippen LogP contribution is 2.28. The Morgan fingerprint density at radius 2 is 1.87 bits per heavy atom. The lowest BCUT2D eigenvalue weighted by Gasteiger charge is -2.13. The van der Waals surface area contributed by atoms with Gasteiger partial charge in [-0.05, 0) is 42.3 Å². The lowest BCUT2D eigenvalue weighted by molar-refractivity contribution is 0.100. The highest BCUT2D eigenvalue weighted by molar-refractivity contribution is 7.89. The number of carbonyl (C=O) groups is 1. The molecule has 0 saturated heterocycles. The van der Waals surface area contributed by atoms with Gasteiger partial charge in [0.2, 0.25) is 21.9 Å². The maximum atomic E-state index is 12.4. The Morgan fingerprint density at radius 3 is 2.63 bits per heavy atom. The molecule has 2 heterocycles. The van der Waals surface area contributed by atoms with Crippen molar-refractivity contribution in [2.24, 2.45) is 5.73 Å². The first-order valence-corrected chi connectivity index (χ1v) is 10.8. The minimum atomic E-state index is -3.59. The van der Waals surface area contributed by atoms with Gasteiger partial charge in [-0.15, -0.1) is 0 Å². The lowest BCUT2D eigenvalue weighted by Crippen LogP contribution is -2.26. The van der Waals surface area contributed by atoms with Crippen molar-refractivity contribution in [3.8, 4) is 11.1 Å². The third kappa shape index (κ3) is 4.24. The Labute approximate surface area is 173 Å². The van der Waals surface area contributed by atoms with Gasteiger partial charge >= 0.3 is 0 Å². The van der Waals surface area contributed by atoms with Gasteiger partial charge in [-0.2, -0.15) is 4.98 Å². The maximum absolute atomic E-state index is 12.4. The molecule has 4 bridgehead atoms. The zero-order valence-electron chi connectivity index (χ0n) is 15.9. The van der Waals surface area contributed by atoms with Gasteiger partial charge in [0.1, 0.15) is 5.82 Å².